The molecule has 1 saturated heterocycles. The second-order valence-electron chi connectivity index (χ2n) is 5.42. The van der Waals surface area contributed by atoms with Gasteiger partial charge in [-0.25, -0.2) is 0 Å². The Kier molecular flexibility index (Phi) is 4.82. The summed E-state index contributed by atoms with van der Waals surface area (Å²) in [7, 11) is 3.96. The van der Waals surface area contributed by atoms with E-state index in [4.69, 9.17) is 0 Å². The van der Waals surface area contributed by atoms with E-state index in [1.807, 2.05) is 18.8 Å². The first kappa shape index (κ1) is 14.3. The Hall–Kier alpha value is -1.07. The molecule has 0 saturated carbocycles. The fraction of sp³-hybridized carbons (Fsp3) is 0.786. The normalized spacial score (nSPS) is 20.6. The van der Waals surface area contributed by atoms with Crippen LogP contribution in [0.2, 0.25) is 0 Å². The van der Waals surface area contributed by atoms with Crippen molar-refractivity contribution in [3.05, 3.63) is 11.3 Å². The maximum atomic E-state index is 9.68. The Bertz CT molecular complexity index is 416. The predicted molar refractivity (Wildman–Crippen MR) is 77.4 cm³/mol. The molecule has 0 amide bonds. The fourth-order valence-electron chi connectivity index (χ4n) is 3.08. The van der Waals surface area contributed by atoms with E-state index in [2.05, 4.69) is 22.2 Å². The molecule has 1 atom stereocenters. The van der Waals surface area contributed by atoms with E-state index in [1.54, 1.807) is 0 Å². The summed E-state index contributed by atoms with van der Waals surface area (Å²) in [4.78, 5) is 2.36. The van der Waals surface area contributed by atoms with Crippen LogP contribution in [0.4, 0.5) is 5.82 Å². The zero-order valence-corrected chi connectivity index (χ0v) is 12.3. The molecule has 0 aromatic carbocycles. The molecule has 1 fully saturated rings. The first-order valence-electron chi connectivity index (χ1n) is 7.23. The highest BCUT2D eigenvalue weighted by molar-refractivity contribution is 5.51. The third kappa shape index (κ3) is 2.92. The Morgan fingerprint density at radius 1 is 1.37 bits per heavy atom. The lowest BCUT2D eigenvalue weighted by molar-refractivity contribution is 0.254. The molecule has 0 aliphatic carbocycles. The minimum Gasteiger partial charge on any atom is -0.394 e. The highest BCUT2D eigenvalue weighted by atomic mass is 16.3. The van der Waals surface area contributed by atoms with Crippen molar-refractivity contribution in [1.82, 2.24) is 15.1 Å². The lowest BCUT2D eigenvalue weighted by atomic mass is 10.1. The SMILES string of the molecule is CNCc1c(C)nn(C)c1N1CCCCCC1CO. The van der Waals surface area contributed by atoms with Crippen LogP contribution in [-0.4, -0.2) is 41.1 Å². The van der Waals surface area contributed by atoms with Crippen molar-refractivity contribution in [2.45, 2.75) is 45.2 Å². The number of aromatic nitrogens is 2. The summed E-state index contributed by atoms with van der Waals surface area (Å²) >= 11 is 0. The summed E-state index contributed by atoms with van der Waals surface area (Å²) in [5, 5.41) is 17.5. The van der Waals surface area contributed by atoms with Crippen LogP contribution in [-0.2, 0) is 13.6 Å². The Morgan fingerprint density at radius 2 is 2.16 bits per heavy atom. The maximum absolute atomic E-state index is 9.68. The molecule has 2 N–H and O–H groups in total. The number of nitrogens with one attached hydrogen (secondary N) is 1. The van der Waals surface area contributed by atoms with Crippen molar-refractivity contribution < 1.29 is 5.11 Å². The van der Waals surface area contributed by atoms with Gasteiger partial charge in [0.15, 0.2) is 0 Å². The van der Waals surface area contributed by atoms with Gasteiger partial charge < -0.3 is 15.3 Å². The van der Waals surface area contributed by atoms with Gasteiger partial charge in [0, 0.05) is 25.7 Å². The number of aryl methyl sites for hydroxylation is 2. The van der Waals surface area contributed by atoms with Gasteiger partial charge in [-0.15, -0.1) is 0 Å². The van der Waals surface area contributed by atoms with Crippen LogP contribution in [0.15, 0.2) is 0 Å². The van der Waals surface area contributed by atoms with Crippen molar-refractivity contribution in [3.8, 4) is 0 Å². The van der Waals surface area contributed by atoms with E-state index in [0.717, 1.165) is 25.2 Å². The van der Waals surface area contributed by atoms with Crippen LogP contribution in [0.3, 0.4) is 0 Å². The van der Waals surface area contributed by atoms with Gasteiger partial charge in [-0.1, -0.05) is 12.8 Å². The first-order chi connectivity index (χ1) is 9.19. The predicted octanol–water partition coefficient (Wildman–Crippen LogP) is 1.19. The molecule has 0 spiro atoms. The molecule has 1 aliphatic heterocycles. The molecule has 0 bridgehead atoms. The number of aliphatic hydroxyl groups excluding tert-OH is 1. The van der Waals surface area contributed by atoms with Crippen LogP contribution in [0, 0.1) is 6.92 Å². The number of hydrogen-bond donors (Lipinski definition) is 2. The summed E-state index contributed by atoms with van der Waals surface area (Å²) in [5.74, 6) is 1.17. The largest absolute Gasteiger partial charge is 0.394 e. The minimum atomic E-state index is 0.225. The van der Waals surface area contributed by atoms with Crippen molar-refractivity contribution >= 4 is 5.82 Å². The zero-order valence-electron chi connectivity index (χ0n) is 12.3. The number of hydrogen-bond acceptors (Lipinski definition) is 4. The van der Waals surface area contributed by atoms with E-state index in [1.165, 1.54) is 30.6 Å². The summed E-state index contributed by atoms with van der Waals surface area (Å²) in [6, 6.07) is 0.230. The molecular formula is C14H26N4O. The van der Waals surface area contributed by atoms with Crippen molar-refractivity contribution in [1.29, 1.82) is 0 Å². The van der Waals surface area contributed by atoms with Crippen LogP contribution in [0.5, 0.6) is 0 Å². The number of rotatable bonds is 4. The second-order valence-corrected chi connectivity index (χ2v) is 5.42. The Labute approximate surface area is 115 Å². The molecule has 5 heteroatoms. The summed E-state index contributed by atoms with van der Waals surface area (Å²) in [6.07, 6.45) is 4.73. The van der Waals surface area contributed by atoms with E-state index >= 15 is 0 Å². The monoisotopic (exact) mass is 266 g/mol. The van der Waals surface area contributed by atoms with Crippen molar-refractivity contribution in [3.63, 3.8) is 0 Å². The van der Waals surface area contributed by atoms with Crippen LogP contribution in [0.25, 0.3) is 0 Å². The van der Waals surface area contributed by atoms with E-state index < -0.39 is 0 Å². The van der Waals surface area contributed by atoms with Gasteiger partial charge in [0.2, 0.25) is 0 Å². The maximum Gasteiger partial charge on any atom is 0.131 e. The second kappa shape index (κ2) is 6.39. The molecule has 1 aromatic heterocycles. The quantitative estimate of drug-likeness (QED) is 0.859. The highest BCUT2D eigenvalue weighted by Crippen LogP contribution is 2.28. The van der Waals surface area contributed by atoms with E-state index in [9.17, 15) is 5.11 Å². The lowest BCUT2D eigenvalue weighted by Gasteiger charge is -2.31. The fourth-order valence-corrected chi connectivity index (χ4v) is 3.08. The van der Waals surface area contributed by atoms with Crippen molar-refractivity contribution in [2.75, 3.05) is 25.1 Å². The third-order valence-electron chi connectivity index (χ3n) is 4.03. The molecular weight excluding hydrogens is 240 g/mol. The average Bonchev–Trinajstić information content (AvgIpc) is 2.58. The standard InChI is InChI=1S/C14H26N4O/c1-11-13(9-15-2)14(17(3)16-11)18-8-6-4-5-7-12(18)10-19/h12,15,19H,4-10H2,1-3H3. The Balaban J connectivity index is 2.36. The van der Waals surface area contributed by atoms with E-state index in [-0.39, 0.29) is 12.6 Å². The molecule has 1 aromatic rings. The highest BCUT2D eigenvalue weighted by Gasteiger charge is 2.26. The summed E-state index contributed by atoms with van der Waals surface area (Å²) in [5.41, 5.74) is 2.33. The topological polar surface area (TPSA) is 53.3 Å². The molecule has 1 aliphatic rings. The molecule has 108 valence electrons. The number of nitrogens with zero attached hydrogens (tertiary/aromatic N) is 3. The van der Waals surface area contributed by atoms with Gasteiger partial charge in [0.05, 0.1) is 18.3 Å². The number of aliphatic hydroxyl groups is 1. The van der Waals surface area contributed by atoms with Crippen LogP contribution in [0.1, 0.15) is 36.9 Å². The third-order valence-corrected chi connectivity index (χ3v) is 4.03. The van der Waals surface area contributed by atoms with Gasteiger partial charge in [-0.3, -0.25) is 4.68 Å². The molecule has 1 unspecified atom stereocenters. The molecule has 2 heterocycles. The van der Waals surface area contributed by atoms with Gasteiger partial charge in [0.25, 0.3) is 0 Å². The lowest BCUT2D eigenvalue weighted by Crippen LogP contribution is -2.39. The summed E-state index contributed by atoms with van der Waals surface area (Å²) in [6.45, 7) is 4.12. The average molecular weight is 266 g/mol. The Morgan fingerprint density at radius 3 is 2.84 bits per heavy atom. The molecule has 5 nitrogen and oxygen atoms in total. The van der Waals surface area contributed by atoms with Crippen LogP contribution < -0.4 is 10.2 Å². The molecule has 19 heavy (non-hydrogen) atoms. The smallest absolute Gasteiger partial charge is 0.131 e. The molecule has 2 rings (SSSR count). The minimum absolute atomic E-state index is 0.225. The summed E-state index contributed by atoms with van der Waals surface area (Å²) < 4.78 is 1.97. The van der Waals surface area contributed by atoms with E-state index in [0.29, 0.717) is 0 Å². The first-order valence-corrected chi connectivity index (χ1v) is 7.23. The van der Waals surface area contributed by atoms with Crippen molar-refractivity contribution in [2.24, 2.45) is 7.05 Å². The number of anilines is 1. The van der Waals surface area contributed by atoms with Gasteiger partial charge in [0.1, 0.15) is 5.82 Å². The zero-order chi connectivity index (χ0) is 13.8. The van der Waals surface area contributed by atoms with Gasteiger partial charge in [-0.2, -0.15) is 5.10 Å². The molecule has 0 radical (unpaired) electrons. The van der Waals surface area contributed by atoms with Crippen LogP contribution >= 0.6 is 0 Å². The van der Waals surface area contributed by atoms with Gasteiger partial charge in [-0.05, 0) is 26.8 Å². The van der Waals surface area contributed by atoms with Gasteiger partial charge >= 0.3 is 0 Å².